The molecule has 2 aromatic rings. The number of benzene rings is 2. The van der Waals surface area contributed by atoms with Gasteiger partial charge in [0.2, 0.25) is 0 Å². The van der Waals surface area contributed by atoms with E-state index in [-0.39, 0.29) is 5.91 Å². The Bertz CT molecular complexity index is 836. The summed E-state index contributed by atoms with van der Waals surface area (Å²) in [5.41, 5.74) is 3.34. The summed E-state index contributed by atoms with van der Waals surface area (Å²) in [7, 11) is 0. The molecule has 0 aliphatic rings. The zero-order valence-corrected chi connectivity index (χ0v) is 19.4. The summed E-state index contributed by atoms with van der Waals surface area (Å²) in [6.07, 6.45) is -0.459. The zero-order chi connectivity index (χ0) is 22.9. The van der Waals surface area contributed by atoms with Crippen molar-refractivity contribution in [1.82, 2.24) is 10.6 Å². The first kappa shape index (κ1) is 24.4. The number of quaternary nitrogens is 1. The molecule has 31 heavy (non-hydrogen) atoms. The van der Waals surface area contributed by atoms with Crippen molar-refractivity contribution in [3.05, 3.63) is 70.8 Å². The molecule has 0 bridgehead atoms. The average Bonchev–Trinajstić information content (AvgIpc) is 2.74. The van der Waals surface area contributed by atoms with Gasteiger partial charge in [0.15, 0.2) is 0 Å². The fourth-order valence-electron chi connectivity index (χ4n) is 3.11. The number of carbonyl (C=O) groups is 2. The Balaban J connectivity index is 1.81. The molecule has 0 aliphatic carbocycles. The third-order valence-corrected chi connectivity index (χ3v) is 4.98. The number of amides is 2. The van der Waals surface area contributed by atoms with E-state index in [1.54, 1.807) is 17.0 Å². The molecule has 0 fully saturated rings. The number of ether oxygens (including phenoxy) is 1. The molecule has 0 radical (unpaired) electrons. The quantitative estimate of drug-likeness (QED) is 0.577. The number of hydrogen-bond acceptors (Lipinski definition) is 3. The summed E-state index contributed by atoms with van der Waals surface area (Å²) in [6, 6.07) is 15.6. The average molecular weight is 427 g/mol. The highest BCUT2D eigenvalue weighted by Crippen LogP contribution is 2.09. The van der Waals surface area contributed by atoms with E-state index in [9.17, 15) is 9.59 Å². The maximum absolute atomic E-state index is 12.4. The summed E-state index contributed by atoms with van der Waals surface area (Å²) in [6.45, 7) is 13.9. The van der Waals surface area contributed by atoms with E-state index >= 15 is 0 Å². The highest BCUT2D eigenvalue weighted by atomic mass is 16.6. The fraction of sp³-hybridized carbons (Fsp3) is 0.440. The number of nitrogens with one attached hydrogen (secondary N) is 3. The largest absolute Gasteiger partial charge is 0.444 e. The maximum atomic E-state index is 12.4. The topological polar surface area (TPSA) is 71.9 Å². The van der Waals surface area contributed by atoms with E-state index in [2.05, 4.69) is 48.7 Å². The minimum atomic E-state index is -0.529. The van der Waals surface area contributed by atoms with E-state index in [0.29, 0.717) is 18.7 Å². The molecule has 0 heterocycles. The third kappa shape index (κ3) is 8.80. The number of alkyl carbamates (subject to hydrolysis) is 1. The second-order valence-corrected chi connectivity index (χ2v) is 8.69. The first-order valence-electron chi connectivity index (χ1n) is 11.0. The standard InChI is InChI=1S/C25H35N3O3/c1-6-28(7-2)18-21-10-8-19(9-11-21)16-26-23(29)22-14-12-20(13-15-22)17-27-24(30)31-25(3,4)5/h8-15H,6-7,16-18H2,1-5H3,(H,26,29)(H,27,30)/p+1. The molecule has 0 saturated carbocycles. The van der Waals surface area contributed by atoms with Crippen LogP contribution in [-0.2, 0) is 24.4 Å². The lowest BCUT2D eigenvalue weighted by Gasteiger charge is -2.19. The van der Waals surface area contributed by atoms with Gasteiger partial charge in [-0.05, 0) is 57.9 Å². The van der Waals surface area contributed by atoms with Gasteiger partial charge in [0.1, 0.15) is 12.1 Å². The van der Waals surface area contributed by atoms with Crippen molar-refractivity contribution in [3.63, 3.8) is 0 Å². The molecule has 0 aliphatic heterocycles. The van der Waals surface area contributed by atoms with Gasteiger partial charge in [-0.2, -0.15) is 0 Å². The van der Waals surface area contributed by atoms with Gasteiger partial charge >= 0.3 is 6.09 Å². The second-order valence-electron chi connectivity index (χ2n) is 8.69. The van der Waals surface area contributed by atoms with Gasteiger partial charge in [-0.1, -0.05) is 36.4 Å². The minimum absolute atomic E-state index is 0.122. The lowest BCUT2D eigenvalue weighted by Crippen LogP contribution is -3.10. The van der Waals surface area contributed by atoms with Crippen LogP contribution in [0.2, 0.25) is 0 Å². The lowest BCUT2D eigenvalue weighted by atomic mass is 10.1. The second kappa shape index (κ2) is 11.5. The molecule has 6 nitrogen and oxygen atoms in total. The van der Waals surface area contributed by atoms with Gasteiger partial charge in [0.25, 0.3) is 5.91 Å². The van der Waals surface area contributed by atoms with Crippen molar-refractivity contribution >= 4 is 12.0 Å². The number of hydrogen-bond donors (Lipinski definition) is 3. The molecule has 2 rings (SSSR count). The van der Waals surface area contributed by atoms with Crippen LogP contribution in [0, 0.1) is 0 Å². The number of rotatable bonds is 9. The van der Waals surface area contributed by atoms with Gasteiger partial charge in [-0.3, -0.25) is 4.79 Å². The molecule has 3 N–H and O–H groups in total. The highest BCUT2D eigenvalue weighted by Gasteiger charge is 2.15. The predicted octanol–water partition coefficient (Wildman–Crippen LogP) is 3.07. The van der Waals surface area contributed by atoms with Crippen LogP contribution in [-0.4, -0.2) is 30.7 Å². The minimum Gasteiger partial charge on any atom is -0.444 e. The van der Waals surface area contributed by atoms with Crippen molar-refractivity contribution in [2.45, 2.75) is 59.9 Å². The Kier molecular flexibility index (Phi) is 9.06. The van der Waals surface area contributed by atoms with Crippen molar-refractivity contribution in [1.29, 1.82) is 0 Å². The van der Waals surface area contributed by atoms with E-state index in [1.165, 1.54) is 5.56 Å². The fourth-order valence-corrected chi connectivity index (χ4v) is 3.11. The van der Waals surface area contributed by atoms with E-state index in [1.807, 2.05) is 32.9 Å². The van der Waals surface area contributed by atoms with Crippen LogP contribution in [0.1, 0.15) is 61.7 Å². The predicted molar refractivity (Wildman–Crippen MR) is 123 cm³/mol. The normalized spacial score (nSPS) is 11.3. The van der Waals surface area contributed by atoms with Gasteiger partial charge in [0.05, 0.1) is 13.1 Å². The highest BCUT2D eigenvalue weighted by molar-refractivity contribution is 5.94. The molecule has 0 aromatic heterocycles. The molecule has 168 valence electrons. The first-order valence-corrected chi connectivity index (χ1v) is 11.0. The van der Waals surface area contributed by atoms with Crippen LogP contribution in [0.15, 0.2) is 48.5 Å². The summed E-state index contributed by atoms with van der Waals surface area (Å²) < 4.78 is 5.22. The van der Waals surface area contributed by atoms with E-state index in [0.717, 1.165) is 30.8 Å². The maximum Gasteiger partial charge on any atom is 0.407 e. The van der Waals surface area contributed by atoms with Crippen LogP contribution < -0.4 is 15.5 Å². The molecule has 0 atom stereocenters. The Morgan fingerprint density at radius 1 is 0.806 bits per heavy atom. The van der Waals surface area contributed by atoms with Crippen LogP contribution in [0.5, 0.6) is 0 Å². The van der Waals surface area contributed by atoms with E-state index in [4.69, 9.17) is 4.74 Å². The molecular formula is C25H36N3O3+. The van der Waals surface area contributed by atoms with Crippen LogP contribution in [0.3, 0.4) is 0 Å². The summed E-state index contributed by atoms with van der Waals surface area (Å²) in [5.74, 6) is -0.122. The Hall–Kier alpha value is -2.86. The summed E-state index contributed by atoms with van der Waals surface area (Å²) >= 11 is 0. The van der Waals surface area contributed by atoms with Gasteiger partial charge in [-0.25, -0.2) is 4.79 Å². The van der Waals surface area contributed by atoms with E-state index < -0.39 is 11.7 Å². The Morgan fingerprint density at radius 3 is 1.81 bits per heavy atom. The third-order valence-electron chi connectivity index (χ3n) is 4.98. The molecule has 2 aromatic carbocycles. The summed E-state index contributed by atoms with van der Waals surface area (Å²) in [4.78, 5) is 25.7. The number of carbonyl (C=O) groups excluding carboxylic acids is 2. The lowest BCUT2D eigenvalue weighted by molar-refractivity contribution is -0.910. The Morgan fingerprint density at radius 2 is 1.29 bits per heavy atom. The van der Waals surface area contributed by atoms with Crippen molar-refractivity contribution in [3.8, 4) is 0 Å². The van der Waals surface area contributed by atoms with Gasteiger partial charge in [-0.15, -0.1) is 0 Å². The van der Waals surface area contributed by atoms with Gasteiger partial charge < -0.3 is 20.3 Å². The van der Waals surface area contributed by atoms with Crippen LogP contribution in [0.4, 0.5) is 4.79 Å². The molecule has 0 saturated heterocycles. The van der Waals surface area contributed by atoms with Crippen molar-refractivity contribution in [2.24, 2.45) is 0 Å². The molecular weight excluding hydrogens is 390 g/mol. The smallest absolute Gasteiger partial charge is 0.407 e. The van der Waals surface area contributed by atoms with Crippen LogP contribution in [0.25, 0.3) is 0 Å². The van der Waals surface area contributed by atoms with Crippen molar-refractivity contribution in [2.75, 3.05) is 13.1 Å². The molecule has 6 heteroatoms. The van der Waals surface area contributed by atoms with Crippen LogP contribution >= 0.6 is 0 Å². The molecule has 0 spiro atoms. The molecule has 0 unspecified atom stereocenters. The molecule has 2 amide bonds. The summed E-state index contributed by atoms with van der Waals surface area (Å²) in [5, 5.41) is 5.67. The zero-order valence-electron chi connectivity index (χ0n) is 19.4. The first-order chi connectivity index (χ1) is 14.7. The monoisotopic (exact) mass is 426 g/mol. The Labute approximate surface area is 186 Å². The van der Waals surface area contributed by atoms with Gasteiger partial charge in [0, 0.05) is 24.2 Å². The van der Waals surface area contributed by atoms with Crippen molar-refractivity contribution < 1.29 is 19.2 Å². The SMILES string of the molecule is CC[NH+](CC)Cc1ccc(CNC(=O)c2ccc(CNC(=O)OC(C)(C)C)cc2)cc1.